The number of carbonyl (C=O) groups excluding carboxylic acids is 2. The maximum atomic E-state index is 13.5. The van der Waals surface area contributed by atoms with Crippen LogP contribution in [0.5, 0.6) is 0 Å². The van der Waals surface area contributed by atoms with Gasteiger partial charge in [0.15, 0.2) is 5.78 Å². The van der Waals surface area contributed by atoms with Gasteiger partial charge in [-0.3, -0.25) is 4.79 Å². The topological polar surface area (TPSA) is 89.6 Å². The molecule has 7 atom stereocenters. The smallest absolute Gasteiger partial charge is 0.338 e. The Hall–Kier alpha value is -2.47. The van der Waals surface area contributed by atoms with E-state index in [9.17, 15) is 19.1 Å². The summed E-state index contributed by atoms with van der Waals surface area (Å²) in [5.74, 6) is -0.356. The summed E-state index contributed by atoms with van der Waals surface area (Å²) >= 11 is 0. The molecule has 4 aliphatic rings. The lowest BCUT2D eigenvalue weighted by atomic mass is 9.47. The standard InChI is InChI=1S/C26H30FNO4/c1-25-10-9-16(29)12-15(25)4-5-17-18-6-8-22(26(18,2)13-21(30)23(17)25)32-24(31)14-3-7-19(27)20(28)11-14/h3,7,9-12,17-18,21-23,30H,4-6,8,13,28H2,1-2H3. The molecule has 6 heteroatoms. The molecule has 3 saturated carbocycles. The number of ketones is 1. The Morgan fingerprint density at radius 1 is 1.25 bits per heavy atom. The number of allylic oxidation sites excluding steroid dienone is 4. The van der Waals surface area contributed by atoms with Crippen molar-refractivity contribution in [3.8, 4) is 0 Å². The fraction of sp³-hybridized carbons (Fsp3) is 0.538. The van der Waals surface area contributed by atoms with Crippen molar-refractivity contribution in [1.82, 2.24) is 0 Å². The van der Waals surface area contributed by atoms with E-state index in [0.717, 1.165) is 31.3 Å². The first-order chi connectivity index (χ1) is 15.1. The van der Waals surface area contributed by atoms with E-state index in [0.29, 0.717) is 18.3 Å². The third-order valence-corrected chi connectivity index (χ3v) is 8.89. The second-order valence-electron chi connectivity index (χ2n) is 10.5. The van der Waals surface area contributed by atoms with E-state index in [-0.39, 0.29) is 39.9 Å². The van der Waals surface area contributed by atoms with Gasteiger partial charge in [-0.1, -0.05) is 25.5 Å². The second kappa shape index (κ2) is 7.27. The lowest BCUT2D eigenvalue weighted by Crippen LogP contribution is -2.56. The van der Waals surface area contributed by atoms with Crippen LogP contribution in [0.3, 0.4) is 0 Å². The van der Waals surface area contributed by atoms with Crippen molar-refractivity contribution in [3.05, 3.63) is 53.4 Å². The van der Waals surface area contributed by atoms with E-state index < -0.39 is 17.9 Å². The monoisotopic (exact) mass is 439 g/mol. The van der Waals surface area contributed by atoms with Gasteiger partial charge in [0.1, 0.15) is 11.9 Å². The summed E-state index contributed by atoms with van der Waals surface area (Å²) < 4.78 is 19.4. The average molecular weight is 440 g/mol. The lowest BCUT2D eigenvalue weighted by Gasteiger charge is -2.58. The molecule has 1 aromatic carbocycles. The molecule has 0 aliphatic heterocycles. The zero-order valence-electron chi connectivity index (χ0n) is 18.5. The van der Waals surface area contributed by atoms with Crippen LogP contribution in [-0.4, -0.2) is 29.1 Å². The van der Waals surface area contributed by atoms with E-state index in [1.54, 1.807) is 12.2 Å². The molecule has 170 valence electrons. The van der Waals surface area contributed by atoms with Crippen LogP contribution in [0.4, 0.5) is 10.1 Å². The average Bonchev–Trinajstić information content (AvgIpc) is 3.05. The molecule has 0 spiro atoms. The highest BCUT2D eigenvalue weighted by molar-refractivity contribution is 6.01. The van der Waals surface area contributed by atoms with Gasteiger partial charge in [-0.2, -0.15) is 0 Å². The molecule has 5 nitrogen and oxygen atoms in total. The highest BCUT2D eigenvalue weighted by atomic mass is 19.1. The summed E-state index contributed by atoms with van der Waals surface area (Å²) in [6, 6.07) is 3.88. The Balaban J connectivity index is 1.40. The summed E-state index contributed by atoms with van der Waals surface area (Å²) in [5.41, 5.74) is 6.27. The van der Waals surface area contributed by atoms with Gasteiger partial charge in [0.05, 0.1) is 17.4 Å². The van der Waals surface area contributed by atoms with Gasteiger partial charge in [-0.05, 0) is 74.3 Å². The van der Waals surface area contributed by atoms with Gasteiger partial charge in [-0.15, -0.1) is 0 Å². The molecular formula is C26H30FNO4. The van der Waals surface area contributed by atoms with Gasteiger partial charge in [-0.25, -0.2) is 9.18 Å². The molecule has 0 radical (unpaired) electrons. The number of hydrogen-bond acceptors (Lipinski definition) is 5. The van der Waals surface area contributed by atoms with E-state index in [2.05, 4.69) is 13.8 Å². The van der Waals surface area contributed by atoms with Crippen LogP contribution in [0.2, 0.25) is 0 Å². The van der Waals surface area contributed by atoms with E-state index in [1.807, 2.05) is 6.08 Å². The quantitative estimate of drug-likeness (QED) is 0.532. The van der Waals surface area contributed by atoms with Crippen LogP contribution in [0.1, 0.15) is 56.3 Å². The first kappa shape index (κ1) is 21.4. The lowest BCUT2D eigenvalue weighted by molar-refractivity contribution is -0.131. The van der Waals surface area contributed by atoms with Crippen LogP contribution in [0, 0.1) is 34.4 Å². The van der Waals surface area contributed by atoms with Crippen LogP contribution in [0.15, 0.2) is 42.0 Å². The number of halogens is 1. The zero-order valence-corrected chi connectivity index (χ0v) is 18.5. The summed E-state index contributed by atoms with van der Waals surface area (Å²) in [5, 5.41) is 11.4. The number of carbonyl (C=O) groups is 2. The molecule has 0 heterocycles. The van der Waals surface area contributed by atoms with Crippen molar-refractivity contribution < 1.29 is 23.8 Å². The number of anilines is 1. The number of rotatable bonds is 2. The number of aliphatic hydroxyl groups excluding tert-OH is 1. The number of benzene rings is 1. The van der Waals surface area contributed by atoms with Crippen molar-refractivity contribution in [1.29, 1.82) is 0 Å². The van der Waals surface area contributed by atoms with E-state index >= 15 is 0 Å². The number of nitrogens with two attached hydrogens (primary N) is 1. The summed E-state index contributed by atoms with van der Waals surface area (Å²) in [6.07, 6.45) is 8.55. The fourth-order valence-corrected chi connectivity index (χ4v) is 7.34. The van der Waals surface area contributed by atoms with Gasteiger partial charge < -0.3 is 15.6 Å². The fourth-order valence-electron chi connectivity index (χ4n) is 7.34. The van der Waals surface area contributed by atoms with Gasteiger partial charge in [0, 0.05) is 16.7 Å². The van der Waals surface area contributed by atoms with Gasteiger partial charge >= 0.3 is 5.97 Å². The molecule has 0 bridgehead atoms. The number of aliphatic hydroxyl groups is 1. The molecule has 5 rings (SSSR count). The van der Waals surface area contributed by atoms with Gasteiger partial charge in [0.25, 0.3) is 0 Å². The SMILES string of the molecule is CC12C=CC(=O)C=C1CCC1C2C(O)CC2(C)C(OC(=O)c3ccc(F)c(N)c3)CCC12. The molecule has 1 aromatic rings. The number of hydrogen-bond donors (Lipinski definition) is 2. The van der Waals surface area contributed by atoms with Crippen LogP contribution in [0.25, 0.3) is 0 Å². The van der Waals surface area contributed by atoms with Crippen LogP contribution in [-0.2, 0) is 9.53 Å². The normalized spacial score (nSPS) is 40.2. The first-order valence-corrected chi connectivity index (χ1v) is 11.5. The number of ether oxygens (including phenoxy) is 1. The third-order valence-electron chi connectivity index (χ3n) is 8.89. The highest BCUT2D eigenvalue weighted by Gasteiger charge is 2.62. The van der Waals surface area contributed by atoms with Crippen LogP contribution >= 0.6 is 0 Å². The highest BCUT2D eigenvalue weighted by Crippen LogP contribution is 2.64. The Morgan fingerprint density at radius 2 is 2.03 bits per heavy atom. The Morgan fingerprint density at radius 3 is 2.78 bits per heavy atom. The summed E-state index contributed by atoms with van der Waals surface area (Å²) in [4.78, 5) is 24.7. The molecular weight excluding hydrogens is 409 g/mol. The van der Waals surface area contributed by atoms with Crippen LogP contribution < -0.4 is 5.73 Å². The predicted molar refractivity (Wildman–Crippen MR) is 118 cm³/mol. The predicted octanol–water partition coefficient (Wildman–Crippen LogP) is 4.21. The number of fused-ring (bicyclic) bond motifs is 5. The van der Waals surface area contributed by atoms with Crippen molar-refractivity contribution in [3.63, 3.8) is 0 Å². The van der Waals surface area contributed by atoms with E-state index in [4.69, 9.17) is 10.5 Å². The number of esters is 1. The van der Waals surface area contributed by atoms with Crippen molar-refractivity contribution >= 4 is 17.4 Å². The molecule has 3 fully saturated rings. The minimum atomic E-state index is -0.562. The summed E-state index contributed by atoms with van der Waals surface area (Å²) in [7, 11) is 0. The molecule has 7 unspecified atom stereocenters. The molecule has 0 amide bonds. The largest absolute Gasteiger partial charge is 0.458 e. The Kier molecular flexibility index (Phi) is 4.86. The van der Waals surface area contributed by atoms with Crippen molar-refractivity contribution in [2.24, 2.45) is 28.6 Å². The van der Waals surface area contributed by atoms with E-state index in [1.165, 1.54) is 18.2 Å². The number of nitrogen functional groups attached to an aromatic ring is 1. The Bertz CT molecular complexity index is 1050. The molecule has 3 N–H and O–H groups in total. The molecule has 0 aromatic heterocycles. The minimum Gasteiger partial charge on any atom is -0.458 e. The minimum absolute atomic E-state index is 0.0281. The summed E-state index contributed by atoms with van der Waals surface area (Å²) in [6.45, 7) is 4.28. The molecule has 0 saturated heterocycles. The third kappa shape index (κ3) is 3.06. The van der Waals surface area contributed by atoms with Crippen molar-refractivity contribution in [2.45, 2.75) is 58.2 Å². The first-order valence-electron chi connectivity index (χ1n) is 11.5. The molecule has 32 heavy (non-hydrogen) atoms. The zero-order chi connectivity index (χ0) is 22.8. The molecule has 4 aliphatic carbocycles. The van der Waals surface area contributed by atoms with Gasteiger partial charge in [0.2, 0.25) is 0 Å². The maximum absolute atomic E-state index is 13.5. The maximum Gasteiger partial charge on any atom is 0.338 e. The second-order valence-corrected chi connectivity index (χ2v) is 10.5. The van der Waals surface area contributed by atoms with Crippen molar-refractivity contribution in [2.75, 3.05) is 5.73 Å². The Labute approximate surface area is 187 Å².